The van der Waals surface area contributed by atoms with Crippen molar-refractivity contribution in [3.8, 4) is 0 Å². The number of carbonyl (C=O) groups is 3. The third-order valence-corrected chi connectivity index (χ3v) is 11.7. The van der Waals surface area contributed by atoms with Gasteiger partial charge in [-0.25, -0.2) is 0 Å². The summed E-state index contributed by atoms with van der Waals surface area (Å²) in [6.07, 6.45) is 79.3. The Morgan fingerprint density at radius 3 is 0.886 bits per heavy atom. The highest BCUT2D eigenvalue weighted by atomic mass is 16.6. The fourth-order valence-corrected chi connectivity index (χ4v) is 7.49. The Hall–Kier alpha value is -4.19. The van der Waals surface area contributed by atoms with Crippen LogP contribution in [0, 0.1) is 0 Å². The van der Waals surface area contributed by atoms with Gasteiger partial charge in [0.1, 0.15) is 13.2 Å². The summed E-state index contributed by atoms with van der Waals surface area (Å²) in [5.41, 5.74) is 0. The molecule has 396 valence electrons. The quantitative estimate of drug-likeness (QED) is 0.0262. The van der Waals surface area contributed by atoms with Crippen LogP contribution in [0.2, 0.25) is 0 Å². The molecule has 1 unspecified atom stereocenters. The Labute approximate surface area is 431 Å². The first-order valence-corrected chi connectivity index (χ1v) is 28.5. The van der Waals surface area contributed by atoms with E-state index < -0.39 is 6.10 Å². The van der Waals surface area contributed by atoms with E-state index in [4.69, 9.17) is 14.2 Å². The van der Waals surface area contributed by atoms with E-state index in [0.29, 0.717) is 12.8 Å². The van der Waals surface area contributed by atoms with Crippen molar-refractivity contribution < 1.29 is 28.6 Å². The zero-order valence-electron chi connectivity index (χ0n) is 45.2. The summed E-state index contributed by atoms with van der Waals surface area (Å²) in [5.74, 6) is -0.937. The smallest absolute Gasteiger partial charge is 0.306 e. The fraction of sp³-hybridized carbons (Fsp3) is 0.641. The average Bonchev–Trinajstić information content (AvgIpc) is 3.36. The first-order valence-electron chi connectivity index (χ1n) is 28.5. The summed E-state index contributed by atoms with van der Waals surface area (Å²) in [7, 11) is 0. The van der Waals surface area contributed by atoms with E-state index in [1.807, 2.05) is 0 Å². The van der Waals surface area contributed by atoms with Crippen molar-refractivity contribution in [2.24, 2.45) is 0 Å². The van der Waals surface area contributed by atoms with Gasteiger partial charge in [0.2, 0.25) is 0 Å². The van der Waals surface area contributed by atoms with Crippen LogP contribution in [-0.4, -0.2) is 37.2 Å². The van der Waals surface area contributed by atoms with Crippen molar-refractivity contribution in [2.75, 3.05) is 13.2 Å². The molecule has 0 N–H and O–H groups in total. The SMILES string of the molecule is CC/C=C\C/C=C\C/C=C\C/C=C\C/C=C\C/C=C\C/C=C\CCCCCCCCCCCC(=O)OCC(COC(=O)CCCCCCCCCC)OC(=O)CCCCC/C=C\C/C=C\C/C=C\CC. The van der Waals surface area contributed by atoms with Crippen LogP contribution >= 0.6 is 0 Å². The summed E-state index contributed by atoms with van der Waals surface area (Å²) in [4.78, 5) is 37.9. The van der Waals surface area contributed by atoms with Gasteiger partial charge in [0, 0.05) is 19.3 Å². The summed E-state index contributed by atoms with van der Waals surface area (Å²) < 4.78 is 16.7. The first kappa shape index (κ1) is 65.8. The van der Waals surface area contributed by atoms with Crippen LogP contribution < -0.4 is 0 Å². The molecule has 0 fully saturated rings. The Bertz CT molecular complexity index is 1490. The summed E-state index contributed by atoms with van der Waals surface area (Å²) in [6.45, 7) is 6.34. The molecule has 0 aliphatic heterocycles. The van der Waals surface area contributed by atoms with Gasteiger partial charge in [0.05, 0.1) is 0 Å². The molecule has 0 amide bonds. The zero-order valence-corrected chi connectivity index (χ0v) is 45.2. The highest BCUT2D eigenvalue weighted by Gasteiger charge is 2.19. The molecular formula is C64H104O6. The second kappa shape index (κ2) is 57.4. The molecule has 0 saturated heterocycles. The van der Waals surface area contributed by atoms with Gasteiger partial charge < -0.3 is 14.2 Å². The summed E-state index contributed by atoms with van der Waals surface area (Å²) in [6, 6.07) is 0. The second-order valence-electron chi connectivity index (χ2n) is 18.4. The predicted octanol–water partition coefficient (Wildman–Crippen LogP) is 19.3. The number of hydrogen-bond donors (Lipinski definition) is 0. The highest BCUT2D eigenvalue weighted by molar-refractivity contribution is 5.71. The number of hydrogen-bond acceptors (Lipinski definition) is 6. The number of unbranched alkanes of at least 4 members (excludes halogenated alkanes) is 19. The lowest BCUT2D eigenvalue weighted by Crippen LogP contribution is -2.30. The Morgan fingerprint density at radius 1 is 0.300 bits per heavy atom. The molecular weight excluding hydrogens is 865 g/mol. The second-order valence-corrected chi connectivity index (χ2v) is 18.4. The van der Waals surface area contributed by atoms with Crippen molar-refractivity contribution in [3.05, 3.63) is 122 Å². The maximum Gasteiger partial charge on any atom is 0.306 e. The maximum atomic E-state index is 12.8. The van der Waals surface area contributed by atoms with E-state index in [1.54, 1.807) is 0 Å². The van der Waals surface area contributed by atoms with Gasteiger partial charge >= 0.3 is 17.9 Å². The van der Waals surface area contributed by atoms with E-state index in [2.05, 4.69) is 142 Å². The maximum absolute atomic E-state index is 12.8. The minimum absolute atomic E-state index is 0.0925. The van der Waals surface area contributed by atoms with E-state index >= 15 is 0 Å². The van der Waals surface area contributed by atoms with Gasteiger partial charge in [-0.15, -0.1) is 0 Å². The van der Waals surface area contributed by atoms with Gasteiger partial charge in [-0.2, -0.15) is 0 Å². The van der Waals surface area contributed by atoms with Crippen LogP contribution in [0.25, 0.3) is 0 Å². The Kier molecular flexibility index (Phi) is 54.0. The van der Waals surface area contributed by atoms with Crippen molar-refractivity contribution in [3.63, 3.8) is 0 Å². The minimum atomic E-state index is -0.795. The van der Waals surface area contributed by atoms with Crippen molar-refractivity contribution in [2.45, 2.75) is 252 Å². The first-order chi connectivity index (χ1) is 34.5. The molecule has 0 bridgehead atoms. The van der Waals surface area contributed by atoms with Crippen LogP contribution in [-0.2, 0) is 28.6 Å². The van der Waals surface area contributed by atoms with Crippen molar-refractivity contribution >= 4 is 17.9 Å². The molecule has 0 saturated carbocycles. The molecule has 0 aromatic heterocycles. The zero-order chi connectivity index (χ0) is 50.7. The minimum Gasteiger partial charge on any atom is -0.462 e. The number of allylic oxidation sites excluding steroid dienone is 20. The van der Waals surface area contributed by atoms with E-state index in [0.717, 1.165) is 135 Å². The normalized spacial score (nSPS) is 13.0. The molecule has 0 aliphatic rings. The fourth-order valence-electron chi connectivity index (χ4n) is 7.49. The van der Waals surface area contributed by atoms with Crippen molar-refractivity contribution in [1.29, 1.82) is 0 Å². The standard InChI is InChI=1S/C64H104O6/c1-4-7-10-13-16-19-21-23-24-25-26-27-28-29-30-31-32-33-34-35-36-37-38-39-40-42-43-45-48-51-54-57-63(66)69-60-61(59-68-62(65)56-53-50-47-18-15-12-9-6-3)70-64(67)58-55-52-49-46-44-41-22-20-17-14-11-8-5-2/h7-8,10-11,16-17,19-20,23-24,26-27,29-30,32-33,35-36,41,44,61H,4-6,9,12-15,18,21-22,25,28,31,34,37-40,42-43,45-60H2,1-3H3/b10-7-,11-8-,19-16-,20-17-,24-23-,27-26-,30-29-,33-32-,36-35-,44-41-. The topological polar surface area (TPSA) is 78.9 Å². The van der Waals surface area contributed by atoms with Crippen LogP contribution in [0.3, 0.4) is 0 Å². The van der Waals surface area contributed by atoms with Gasteiger partial charge in [-0.3, -0.25) is 14.4 Å². The predicted molar refractivity (Wildman–Crippen MR) is 302 cm³/mol. The molecule has 0 aromatic rings. The molecule has 6 heteroatoms. The third kappa shape index (κ3) is 54.7. The van der Waals surface area contributed by atoms with E-state index in [-0.39, 0.29) is 37.5 Å². The summed E-state index contributed by atoms with van der Waals surface area (Å²) in [5, 5.41) is 0. The molecule has 0 radical (unpaired) electrons. The largest absolute Gasteiger partial charge is 0.462 e. The lowest BCUT2D eigenvalue weighted by atomic mass is 10.1. The van der Waals surface area contributed by atoms with E-state index in [1.165, 1.54) is 70.6 Å². The summed E-state index contributed by atoms with van der Waals surface area (Å²) >= 11 is 0. The number of carbonyl (C=O) groups excluding carboxylic acids is 3. The van der Waals surface area contributed by atoms with Crippen LogP contribution in [0.15, 0.2) is 122 Å². The van der Waals surface area contributed by atoms with Gasteiger partial charge in [-0.05, 0) is 109 Å². The van der Waals surface area contributed by atoms with Crippen molar-refractivity contribution in [1.82, 2.24) is 0 Å². The van der Waals surface area contributed by atoms with Gasteiger partial charge in [0.15, 0.2) is 6.10 Å². The van der Waals surface area contributed by atoms with E-state index in [9.17, 15) is 14.4 Å². The molecule has 6 nitrogen and oxygen atoms in total. The van der Waals surface area contributed by atoms with Gasteiger partial charge in [-0.1, -0.05) is 239 Å². The molecule has 1 atom stereocenters. The molecule has 70 heavy (non-hydrogen) atoms. The van der Waals surface area contributed by atoms with Crippen LogP contribution in [0.1, 0.15) is 245 Å². The number of rotatable bonds is 50. The van der Waals surface area contributed by atoms with Crippen LogP contribution in [0.4, 0.5) is 0 Å². The number of ether oxygens (including phenoxy) is 3. The van der Waals surface area contributed by atoms with Gasteiger partial charge in [0.25, 0.3) is 0 Å². The monoisotopic (exact) mass is 969 g/mol. The molecule has 0 aromatic carbocycles. The molecule has 0 heterocycles. The molecule has 0 rings (SSSR count). The molecule has 0 spiro atoms. The Morgan fingerprint density at radius 2 is 0.557 bits per heavy atom. The molecule has 0 aliphatic carbocycles. The van der Waals surface area contributed by atoms with Crippen LogP contribution in [0.5, 0.6) is 0 Å². The third-order valence-electron chi connectivity index (χ3n) is 11.7. The average molecular weight is 970 g/mol. The number of esters is 3. The lowest BCUT2D eigenvalue weighted by molar-refractivity contribution is -0.167. The lowest BCUT2D eigenvalue weighted by Gasteiger charge is -2.18. The highest BCUT2D eigenvalue weighted by Crippen LogP contribution is 2.14. The Balaban J connectivity index is 4.18.